The molecule has 1 aromatic rings. The Hall–Kier alpha value is -1.36. The number of carbonyl (C=O) groups is 2. The molecule has 22 heavy (non-hydrogen) atoms. The smallest absolute Gasteiger partial charge is 0.348 e. The summed E-state index contributed by atoms with van der Waals surface area (Å²) in [5, 5.41) is 2.83. The van der Waals surface area contributed by atoms with Gasteiger partial charge in [-0.25, -0.2) is 4.79 Å². The lowest BCUT2D eigenvalue weighted by atomic mass is 10.1. The van der Waals surface area contributed by atoms with Crippen molar-refractivity contribution in [2.24, 2.45) is 5.92 Å². The number of aryl methyl sites for hydroxylation is 2. The molecule has 1 aliphatic rings. The summed E-state index contributed by atoms with van der Waals surface area (Å²) in [6, 6.07) is 2.02. The normalized spacial score (nSPS) is 15.8. The molecule has 0 unspecified atom stereocenters. The highest BCUT2D eigenvalue weighted by atomic mass is 32.1. The van der Waals surface area contributed by atoms with Crippen molar-refractivity contribution in [2.45, 2.75) is 58.9 Å². The van der Waals surface area contributed by atoms with Crippen molar-refractivity contribution >= 4 is 23.2 Å². The Morgan fingerprint density at radius 3 is 2.68 bits per heavy atom. The van der Waals surface area contributed by atoms with Gasteiger partial charge in [0.25, 0.3) is 5.91 Å². The summed E-state index contributed by atoms with van der Waals surface area (Å²) in [6.45, 7) is 5.81. The summed E-state index contributed by atoms with van der Waals surface area (Å²) in [7, 11) is 0. The Kier molecular flexibility index (Phi) is 6.00. The summed E-state index contributed by atoms with van der Waals surface area (Å²) in [5.41, 5.74) is 1.28. The second kappa shape index (κ2) is 7.77. The largest absolute Gasteiger partial charge is 0.451 e. The summed E-state index contributed by atoms with van der Waals surface area (Å²) in [5.74, 6) is -0.272. The Morgan fingerprint density at radius 1 is 1.23 bits per heavy atom. The third-order valence-corrected chi connectivity index (χ3v) is 5.39. The Bertz CT molecular complexity index is 513. The first-order valence-corrected chi connectivity index (χ1v) is 8.87. The van der Waals surface area contributed by atoms with Gasteiger partial charge in [-0.3, -0.25) is 4.79 Å². The number of esters is 1. The van der Waals surface area contributed by atoms with Crippen LogP contribution in [0, 0.1) is 5.92 Å². The average Bonchev–Trinajstić information content (AvgIpc) is 2.76. The molecule has 1 heterocycles. The minimum Gasteiger partial charge on any atom is -0.451 e. The van der Waals surface area contributed by atoms with Gasteiger partial charge in [0.1, 0.15) is 4.88 Å². The standard InChI is InChI=1S/C17H25NO3S/c1-11(2)12(3)18-16(19)10-21-17(20)15-9-13-7-5-4-6-8-14(13)22-15/h9,11-12H,4-8,10H2,1-3H3,(H,18,19)/t12-/m1/s1. The van der Waals surface area contributed by atoms with E-state index in [1.165, 1.54) is 41.0 Å². The number of carbonyl (C=O) groups excluding carboxylic acids is 2. The topological polar surface area (TPSA) is 55.4 Å². The van der Waals surface area contributed by atoms with E-state index in [4.69, 9.17) is 4.74 Å². The number of rotatable bonds is 5. The van der Waals surface area contributed by atoms with Gasteiger partial charge < -0.3 is 10.1 Å². The maximum Gasteiger partial charge on any atom is 0.348 e. The minimum absolute atomic E-state index is 0.0732. The predicted molar refractivity (Wildman–Crippen MR) is 88.3 cm³/mol. The van der Waals surface area contributed by atoms with Gasteiger partial charge in [-0.15, -0.1) is 11.3 Å². The van der Waals surface area contributed by atoms with Crippen molar-refractivity contribution in [2.75, 3.05) is 6.61 Å². The quantitative estimate of drug-likeness (QED) is 0.668. The van der Waals surface area contributed by atoms with Crippen LogP contribution < -0.4 is 5.32 Å². The molecular weight excluding hydrogens is 298 g/mol. The molecule has 0 radical (unpaired) electrons. The van der Waals surface area contributed by atoms with Crippen LogP contribution in [0.1, 0.15) is 60.1 Å². The molecule has 0 aliphatic heterocycles. The van der Waals surface area contributed by atoms with Crippen LogP contribution in [-0.2, 0) is 22.4 Å². The number of hydrogen-bond acceptors (Lipinski definition) is 4. The third-order valence-electron chi connectivity index (χ3n) is 4.17. The SMILES string of the molecule is CC(C)[C@@H](C)NC(=O)COC(=O)c1cc2c(s1)CCCCC2. The number of amides is 1. The number of nitrogens with one attached hydrogen (secondary N) is 1. The number of fused-ring (bicyclic) bond motifs is 1. The molecular formula is C17H25NO3S. The van der Waals surface area contributed by atoms with E-state index in [1.807, 2.05) is 26.8 Å². The van der Waals surface area contributed by atoms with Crippen LogP contribution in [-0.4, -0.2) is 24.5 Å². The maximum atomic E-state index is 12.1. The molecule has 0 saturated heterocycles. The lowest BCUT2D eigenvalue weighted by Gasteiger charge is -2.17. The van der Waals surface area contributed by atoms with Crippen molar-refractivity contribution in [1.29, 1.82) is 0 Å². The van der Waals surface area contributed by atoms with Gasteiger partial charge in [-0.2, -0.15) is 0 Å². The zero-order chi connectivity index (χ0) is 16.1. The van der Waals surface area contributed by atoms with E-state index < -0.39 is 0 Å². The van der Waals surface area contributed by atoms with Gasteiger partial charge in [0.15, 0.2) is 6.61 Å². The fourth-order valence-electron chi connectivity index (χ4n) is 2.43. The molecule has 4 nitrogen and oxygen atoms in total. The lowest BCUT2D eigenvalue weighted by Crippen LogP contribution is -2.38. The van der Waals surface area contributed by atoms with Crippen LogP contribution in [0.3, 0.4) is 0 Å². The number of hydrogen-bond donors (Lipinski definition) is 1. The molecule has 1 aromatic heterocycles. The summed E-state index contributed by atoms with van der Waals surface area (Å²) in [6.07, 6.45) is 5.74. The zero-order valence-corrected chi connectivity index (χ0v) is 14.4. The molecule has 0 saturated carbocycles. The van der Waals surface area contributed by atoms with Crippen molar-refractivity contribution in [1.82, 2.24) is 5.32 Å². The lowest BCUT2D eigenvalue weighted by molar-refractivity contribution is -0.125. The van der Waals surface area contributed by atoms with Crippen LogP contribution in [0.15, 0.2) is 6.07 Å². The van der Waals surface area contributed by atoms with E-state index in [1.54, 1.807) is 0 Å². The van der Waals surface area contributed by atoms with Gasteiger partial charge in [-0.1, -0.05) is 20.3 Å². The third kappa shape index (κ3) is 4.57. The zero-order valence-electron chi connectivity index (χ0n) is 13.6. The first kappa shape index (κ1) is 17.0. The highest BCUT2D eigenvalue weighted by molar-refractivity contribution is 7.14. The molecule has 0 fully saturated rings. The second-order valence-corrected chi connectivity index (χ2v) is 7.43. The second-order valence-electron chi connectivity index (χ2n) is 6.30. The first-order valence-electron chi connectivity index (χ1n) is 8.05. The van der Waals surface area contributed by atoms with E-state index in [-0.39, 0.29) is 24.5 Å². The molecule has 0 spiro atoms. The van der Waals surface area contributed by atoms with Gasteiger partial charge in [0.05, 0.1) is 0 Å². The maximum absolute atomic E-state index is 12.1. The molecule has 122 valence electrons. The number of ether oxygens (including phenoxy) is 1. The van der Waals surface area contributed by atoms with Crippen LogP contribution in [0.4, 0.5) is 0 Å². The van der Waals surface area contributed by atoms with E-state index in [0.29, 0.717) is 10.8 Å². The van der Waals surface area contributed by atoms with E-state index in [0.717, 1.165) is 12.8 Å². The fourth-order valence-corrected chi connectivity index (χ4v) is 3.58. The number of thiophene rings is 1. The molecule has 5 heteroatoms. The van der Waals surface area contributed by atoms with E-state index >= 15 is 0 Å². The molecule has 1 amide bonds. The van der Waals surface area contributed by atoms with E-state index in [9.17, 15) is 9.59 Å². The monoisotopic (exact) mass is 323 g/mol. The first-order chi connectivity index (χ1) is 10.5. The fraction of sp³-hybridized carbons (Fsp3) is 0.647. The molecule has 0 aromatic carbocycles. The molecule has 1 N–H and O–H groups in total. The van der Waals surface area contributed by atoms with Gasteiger partial charge >= 0.3 is 5.97 Å². The summed E-state index contributed by atoms with van der Waals surface area (Å²) < 4.78 is 5.14. The van der Waals surface area contributed by atoms with Crippen LogP contribution >= 0.6 is 11.3 Å². The summed E-state index contributed by atoms with van der Waals surface area (Å²) >= 11 is 1.52. The van der Waals surface area contributed by atoms with Gasteiger partial charge in [0.2, 0.25) is 0 Å². The van der Waals surface area contributed by atoms with Crippen LogP contribution in [0.2, 0.25) is 0 Å². The molecule has 1 atom stereocenters. The van der Waals surface area contributed by atoms with Gasteiger partial charge in [0, 0.05) is 10.9 Å². The van der Waals surface area contributed by atoms with Crippen molar-refractivity contribution in [3.05, 3.63) is 21.4 Å². The van der Waals surface area contributed by atoms with Crippen LogP contribution in [0.5, 0.6) is 0 Å². The Labute approximate surface area is 136 Å². The molecule has 2 rings (SSSR count). The van der Waals surface area contributed by atoms with Crippen LogP contribution in [0.25, 0.3) is 0 Å². The Balaban J connectivity index is 1.86. The average molecular weight is 323 g/mol. The predicted octanol–water partition coefficient (Wildman–Crippen LogP) is 3.33. The Morgan fingerprint density at radius 2 is 1.95 bits per heavy atom. The van der Waals surface area contributed by atoms with Crippen molar-refractivity contribution < 1.29 is 14.3 Å². The van der Waals surface area contributed by atoms with E-state index in [2.05, 4.69) is 5.32 Å². The van der Waals surface area contributed by atoms with Gasteiger partial charge in [-0.05, 0) is 50.2 Å². The highest BCUT2D eigenvalue weighted by Crippen LogP contribution is 2.29. The summed E-state index contributed by atoms with van der Waals surface area (Å²) in [4.78, 5) is 25.8. The molecule has 0 bridgehead atoms. The minimum atomic E-state index is -0.384. The molecule has 1 aliphatic carbocycles. The highest BCUT2D eigenvalue weighted by Gasteiger charge is 2.19. The van der Waals surface area contributed by atoms with Crippen molar-refractivity contribution in [3.63, 3.8) is 0 Å². The van der Waals surface area contributed by atoms with Crippen molar-refractivity contribution in [3.8, 4) is 0 Å².